The average Bonchev–Trinajstić information content (AvgIpc) is 2.28. The molecule has 2 rings (SSSR count). The van der Waals surface area contributed by atoms with Crippen LogP contribution in [0, 0.1) is 5.82 Å². The maximum atomic E-state index is 13.1. The van der Waals surface area contributed by atoms with E-state index in [1.165, 1.54) is 6.07 Å². The monoisotopic (exact) mass is 309 g/mol. The molecule has 0 amide bonds. The molecule has 17 heavy (non-hydrogen) atoms. The lowest BCUT2D eigenvalue weighted by Crippen LogP contribution is -1.87. The Morgan fingerprint density at radius 1 is 0.941 bits per heavy atom. The van der Waals surface area contributed by atoms with E-state index in [1.807, 2.05) is 0 Å². The van der Waals surface area contributed by atoms with Gasteiger partial charge in [-0.1, -0.05) is 46.4 Å². The lowest BCUT2D eigenvalue weighted by atomic mass is 10.1. The Labute approximate surface area is 117 Å². The van der Waals surface area contributed by atoms with Crippen LogP contribution in [0.4, 0.5) is 4.39 Å². The van der Waals surface area contributed by atoms with Crippen LogP contribution >= 0.6 is 46.4 Å². The third-order valence-electron chi connectivity index (χ3n) is 2.10. The Kier molecular flexibility index (Phi) is 3.79. The maximum Gasteiger partial charge on any atom is 0.142 e. The fraction of sp³-hybridized carbons (Fsp3) is 0. The first kappa shape index (κ1) is 12.9. The molecule has 0 saturated heterocycles. The number of pyridine rings is 1. The van der Waals surface area contributed by atoms with E-state index in [9.17, 15) is 4.39 Å². The molecule has 0 radical (unpaired) electrons. The van der Waals surface area contributed by atoms with Crippen LogP contribution in [-0.4, -0.2) is 4.98 Å². The number of hydrogen-bond acceptors (Lipinski definition) is 1. The van der Waals surface area contributed by atoms with Gasteiger partial charge in [-0.05, 0) is 23.8 Å². The summed E-state index contributed by atoms with van der Waals surface area (Å²) in [7, 11) is 0. The summed E-state index contributed by atoms with van der Waals surface area (Å²) >= 11 is 23.5. The van der Waals surface area contributed by atoms with Crippen molar-refractivity contribution >= 4 is 46.4 Å². The van der Waals surface area contributed by atoms with Gasteiger partial charge >= 0.3 is 0 Å². The minimum Gasteiger partial charge on any atom is -0.241 e. The molecule has 0 atom stereocenters. The predicted molar refractivity (Wildman–Crippen MR) is 69.7 cm³/mol. The van der Waals surface area contributed by atoms with Gasteiger partial charge in [0.05, 0.1) is 21.3 Å². The van der Waals surface area contributed by atoms with Crippen LogP contribution in [0.1, 0.15) is 0 Å². The second-order valence-corrected chi connectivity index (χ2v) is 4.80. The summed E-state index contributed by atoms with van der Waals surface area (Å²) in [6.45, 7) is 0. The van der Waals surface area contributed by atoms with Crippen LogP contribution in [0.3, 0.4) is 0 Å². The molecule has 88 valence electrons. The van der Waals surface area contributed by atoms with Crippen molar-refractivity contribution in [3.63, 3.8) is 0 Å². The van der Waals surface area contributed by atoms with E-state index < -0.39 is 5.82 Å². The van der Waals surface area contributed by atoms with Gasteiger partial charge in [-0.2, -0.15) is 0 Å². The molecule has 1 aromatic heterocycles. The molecule has 0 fully saturated rings. The van der Waals surface area contributed by atoms with Crippen LogP contribution in [-0.2, 0) is 0 Å². The Morgan fingerprint density at radius 2 is 1.53 bits per heavy atom. The summed E-state index contributed by atoms with van der Waals surface area (Å²) in [5.41, 5.74) is 0.966. The number of rotatable bonds is 1. The molecule has 6 heteroatoms. The highest BCUT2D eigenvalue weighted by Gasteiger charge is 2.11. The van der Waals surface area contributed by atoms with Gasteiger partial charge in [0.2, 0.25) is 0 Å². The van der Waals surface area contributed by atoms with Gasteiger partial charge in [-0.15, -0.1) is 0 Å². The quantitative estimate of drug-likeness (QED) is 0.500. The molecule has 0 saturated carbocycles. The van der Waals surface area contributed by atoms with Gasteiger partial charge in [-0.25, -0.2) is 9.37 Å². The lowest BCUT2D eigenvalue weighted by Gasteiger charge is -2.07. The van der Waals surface area contributed by atoms with Gasteiger partial charge in [0.1, 0.15) is 11.0 Å². The van der Waals surface area contributed by atoms with E-state index in [2.05, 4.69) is 4.98 Å². The summed E-state index contributed by atoms with van der Waals surface area (Å²) in [6, 6.07) is 4.36. The molecule has 0 spiro atoms. The summed E-state index contributed by atoms with van der Waals surface area (Å²) < 4.78 is 13.1. The number of benzene rings is 1. The Morgan fingerprint density at radius 3 is 2.12 bits per heavy atom. The topological polar surface area (TPSA) is 12.9 Å². The van der Waals surface area contributed by atoms with Crippen molar-refractivity contribution < 1.29 is 4.39 Å². The SMILES string of the molecule is Fc1cnc(Cl)c(-c2cc(Cl)c(Cl)c(Cl)c2)c1. The second kappa shape index (κ2) is 4.99. The molecule has 0 bridgehead atoms. The summed E-state index contributed by atoms with van der Waals surface area (Å²) in [4.78, 5) is 3.71. The van der Waals surface area contributed by atoms with Crippen LogP contribution in [0.5, 0.6) is 0 Å². The van der Waals surface area contributed by atoms with E-state index in [0.29, 0.717) is 11.1 Å². The third-order valence-corrected chi connectivity index (χ3v) is 3.60. The Bertz CT molecular complexity index is 563. The van der Waals surface area contributed by atoms with E-state index >= 15 is 0 Å². The molecule has 0 unspecified atom stereocenters. The van der Waals surface area contributed by atoms with E-state index in [1.54, 1.807) is 12.1 Å². The molecule has 1 nitrogen and oxygen atoms in total. The Balaban J connectivity index is 2.64. The van der Waals surface area contributed by atoms with Crippen molar-refractivity contribution in [3.8, 4) is 11.1 Å². The fourth-order valence-electron chi connectivity index (χ4n) is 1.34. The first-order chi connectivity index (χ1) is 7.99. The Hall–Kier alpha value is -0.540. The zero-order chi connectivity index (χ0) is 12.6. The molecular formula is C11H4Cl4FN. The smallest absolute Gasteiger partial charge is 0.142 e. The van der Waals surface area contributed by atoms with Gasteiger partial charge in [-0.3, -0.25) is 0 Å². The predicted octanol–water partition coefficient (Wildman–Crippen LogP) is 5.50. The highest BCUT2D eigenvalue weighted by Crippen LogP contribution is 2.36. The molecule has 0 N–H and O–H groups in total. The molecule has 2 aromatic rings. The first-order valence-corrected chi connectivity index (χ1v) is 5.96. The number of halogens is 5. The zero-order valence-corrected chi connectivity index (χ0v) is 11.2. The van der Waals surface area contributed by atoms with E-state index in [-0.39, 0.29) is 20.2 Å². The van der Waals surface area contributed by atoms with Crippen LogP contribution in [0.15, 0.2) is 24.4 Å². The van der Waals surface area contributed by atoms with Crippen molar-refractivity contribution in [3.05, 3.63) is 50.4 Å². The fourth-order valence-corrected chi connectivity index (χ4v) is 2.14. The van der Waals surface area contributed by atoms with Crippen LogP contribution in [0.25, 0.3) is 11.1 Å². The van der Waals surface area contributed by atoms with Crippen molar-refractivity contribution in [1.82, 2.24) is 4.98 Å². The lowest BCUT2D eigenvalue weighted by molar-refractivity contribution is 0.622. The third kappa shape index (κ3) is 2.66. The number of hydrogen-bond donors (Lipinski definition) is 0. The van der Waals surface area contributed by atoms with Crippen LogP contribution < -0.4 is 0 Å². The summed E-state index contributed by atoms with van der Waals surface area (Å²) in [5.74, 6) is -0.494. The van der Waals surface area contributed by atoms with E-state index in [0.717, 1.165) is 6.20 Å². The van der Waals surface area contributed by atoms with Gasteiger partial charge in [0.25, 0.3) is 0 Å². The molecule has 0 aliphatic rings. The molecule has 1 aromatic carbocycles. The van der Waals surface area contributed by atoms with Gasteiger partial charge in [0, 0.05) is 5.56 Å². The first-order valence-electron chi connectivity index (χ1n) is 4.45. The standard InChI is InChI=1S/C11H4Cl4FN/c12-8-1-5(2-9(13)10(8)14)7-3-6(16)4-17-11(7)15/h1-4H. The zero-order valence-electron chi connectivity index (χ0n) is 8.15. The highest BCUT2D eigenvalue weighted by molar-refractivity contribution is 6.48. The largest absolute Gasteiger partial charge is 0.241 e. The van der Waals surface area contributed by atoms with Gasteiger partial charge < -0.3 is 0 Å². The highest BCUT2D eigenvalue weighted by atomic mass is 35.5. The normalized spacial score (nSPS) is 10.6. The van der Waals surface area contributed by atoms with Gasteiger partial charge in [0.15, 0.2) is 0 Å². The van der Waals surface area contributed by atoms with E-state index in [4.69, 9.17) is 46.4 Å². The molecule has 0 aliphatic heterocycles. The van der Waals surface area contributed by atoms with Crippen molar-refractivity contribution in [2.75, 3.05) is 0 Å². The van der Waals surface area contributed by atoms with Crippen molar-refractivity contribution in [2.45, 2.75) is 0 Å². The van der Waals surface area contributed by atoms with Crippen LogP contribution in [0.2, 0.25) is 20.2 Å². The van der Waals surface area contributed by atoms with Crippen molar-refractivity contribution in [1.29, 1.82) is 0 Å². The second-order valence-electron chi connectivity index (χ2n) is 3.25. The summed E-state index contributed by atoms with van der Waals surface area (Å²) in [5, 5.41) is 0.961. The summed E-state index contributed by atoms with van der Waals surface area (Å²) in [6.07, 6.45) is 1.03. The maximum absolute atomic E-state index is 13.1. The van der Waals surface area contributed by atoms with Crippen molar-refractivity contribution in [2.24, 2.45) is 0 Å². The molecular weight excluding hydrogens is 307 g/mol. The average molecular weight is 311 g/mol. The minimum atomic E-state index is -0.494. The molecule has 1 heterocycles. The minimum absolute atomic E-state index is 0.167. The number of aromatic nitrogens is 1. The molecule has 0 aliphatic carbocycles. The number of nitrogens with zero attached hydrogens (tertiary/aromatic N) is 1.